The Bertz CT molecular complexity index is 29.9. The van der Waals surface area contributed by atoms with Gasteiger partial charge in [0.05, 0.1) is 0 Å². The molecule has 4 heteroatoms. The molecule has 0 amide bonds. The van der Waals surface area contributed by atoms with Gasteiger partial charge in [-0.05, 0) is 0 Å². The zero-order chi connectivity index (χ0) is 3.58. The molecule has 0 aromatic carbocycles. The predicted molar refractivity (Wildman–Crippen MR) is 21.9 cm³/mol. The fourth-order valence-corrected chi connectivity index (χ4v) is 0. The first-order valence-corrected chi connectivity index (χ1v) is 0.827. The lowest BCUT2D eigenvalue weighted by Crippen LogP contribution is -2.20. The van der Waals surface area contributed by atoms with E-state index >= 15 is 0 Å². The van der Waals surface area contributed by atoms with Crippen molar-refractivity contribution >= 4 is 14.4 Å². The molecule has 3 nitrogen and oxygen atoms in total. The fraction of sp³-hybridized carbons (Fsp3) is 0. The Morgan fingerprint density at radius 2 is 1.40 bits per heavy atom. The largest absolute Gasteiger partial charge is 1.00 e. The van der Waals surface area contributed by atoms with E-state index in [0.29, 0.717) is 0 Å². The second-order valence-corrected chi connectivity index (χ2v) is 0.455. The van der Waals surface area contributed by atoms with Crippen molar-refractivity contribution in [2.75, 3.05) is 0 Å². The summed E-state index contributed by atoms with van der Waals surface area (Å²) in [7, 11) is 0. The summed E-state index contributed by atoms with van der Waals surface area (Å²) >= 11 is 0. The van der Waals surface area contributed by atoms with Crippen LogP contribution in [0.2, 0.25) is 0 Å². The van der Waals surface area contributed by atoms with Gasteiger partial charge in [-0.15, -0.1) is 0 Å². The zero-order valence-corrected chi connectivity index (χ0v) is 2.73. The number of hydrogen-bond acceptors (Lipinski definition) is 1. The van der Waals surface area contributed by atoms with E-state index in [9.17, 15) is 0 Å². The number of hydrogen-bond donors (Lipinski definition) is 3. The first kappa shape index (κ1) is 8.84. The van der Waals surface area contributed by atoms with E-state index in [-0.39, 0.29) is 14.4 Å². The van der Waals surface area contributed by atoms with Gasteiger partial charge in [0.2, 0.25) is 0 Å². The van der Waals surface area contributed by atoms with E-state index in [1.807, 2.05) is 0 Å². The number of guanidine groups is 1. The predicted octanol–water partition coefficient (Wildman–Crippen LogP) is -1.54. The highest BCUT2D eigenvalue weighted by Crippen LogP contribution is 1.13. The molecule has 0 rings (SSSR count). The molecule has 0 unspecified atom stereocenters. The summed E-state index contributed by atoms with van der Waals surface area (Å²) in [6.45, 7) is 0. The second kappa shape index (κ2) is 3.33. The Morgan fingerprint density at radius 3 is 1.40 bits per heavy atom. The summed E-state index contributed by atoms with van der Waals surface area (Å²) in [6.07, 6.45) is 0. The molecule has 0 heterocycles. The van der Waals surface area contributed by atoms with E-state index in [1.165, 1.54) is 0 Å². The molecule has 0 atom stereocenters. The summed E-state index contributed by atoms with van der Waals surface area (Å²) in [6, 6.07) is 0. The molecule has 0 aromatic rings. The zero-order valence-electron chi connectivity index (χ0n) is 2.73. The van der Waals surface area contributed by atoms with Crippen LogP contribution in [-0.4, -0.2) is 14.4 Å². The van der Waals surface area contributed by atoms with Gasteiger partial charge in [-0.25, -0.2) is 0 Å². The van der Waals surface area contributed by atoms with Crippen molar-refractivity contribution in [3.05, 3.63) is 0 Å². The fourth-order valence-electron chi connectivity index (χ4n) is 0. The van der Waals surface area contributed by atoms with Crippen LogP contribution in [0.15, 0.2) is 0 Å². The Balaban J connectivity index is 0. The lowest BCUT2D eigenvalue weighted by Gasteiger charge is -1.69. The molecule has 0 bridgehead atoms. The highest BCUT2D eigenvalue weighted by molar-refractivity contribution is 5.75. The van der Waals surface area contributed by atoms with Crippen molar-refractivity contribution in [2.45, 2.75) is 0 Å². The molecule has 0 aliphatic heterocycles. The molecule has 0 fully saturated rings. The monoisotopic (exact) mass is 70.1 g/mol. The SMILES string of the molecule is N=C(N)N.[B-]. The number of nitrogens with one attached hydrogen (secondary N) is 1. The molecule has 5 N–H and O–H groups in total. The van der Waals surface area contributed by atoms with Gasteiger partial charge < -0.3 is 19.9 Å². The summed E-state index contributed by atoms with van der Waals surface area (Å²) in [5.41, 5.74) is 8.94. The third-order valence-electron chi connectivity index (χ3n) is 0. The van der Waals surface area contributed by atoms with E-state index in [4.69, 9.17) is 5.41 Å². The molecule has 0 aliphatic rings. The van der Waals surface area contributed by atoms with Crippen molar-refractivity contribution in [3.63, 3.8) is 0 Å². The lowest BCUT2D eigenvalue weighted by molar-refractivity contribution is 1.39. The van der Waals surface area contributed by atoms with Gasteiger partial charge in [0, 0.05) is 0 Å². The van der Waals surface area contributed by atoms with Gasteiger partial charge in [-0.1, -0.05) is 0 Å². The van der Waals surface area contributed by atoms with Gasteiger partial charge in [-0.2, -0.15) is 0 Å². The number of nitrogens with two attached hydrogens (primary N) is 2. The standard InChI is InChI=1S/CH5N3.B/c2-1(3)4;/h(H5,2,3,4);/q;-1. The Labute approximate surface area is 32.4 Å². The third-order valence-corrected chi connectivity index (χ3v) is 0. The first-order chi connectivity index (χ1) is 1.73. The molecule has 28 valence electrons. The summed E-state index contributed by atoms with van der Waals surface area (Å²) < 4.78 is 0. The molecule has 0 aromatic heterocycles. The van der Waals surface area contributed by atoms with E-state index in [1.54, 1.807) is 0 Å². The summed E-state index contributed by atoms with van der Waals surface area (Å²) in [5.74, 6) is -0.333. The molecule has 0 saturated carbocycles. The van der Waals surface area contributed by atoms with Crippen LogP contribution in [0.25, 0.3) is 0 Å². The molecule has 0 aliphatic carbocycles. The third kappa shape index (κ3) is 13.4. The molecule has 0 spiro atoms. The summed E-state index contributed by atoms with van der Waals surface area (Å²) in [4.78, 5) is 0. The van der Waals surface area contributed by atoms with Crippen molar-refractivity contribution in [1.82, 2.24) is 0 Å². The molecule has 0 saturated heterocycles. The minimum absolute atomic E-state index is 0. The summed E-state index contributed by atoms with van der Waals surface area (Å²) in [5, 5.41) is 6.06. The van der Waals surface area contributed by atoms with Crippen molar-refractivity contribution in [1.29, 1.82) is 5.41 Å². The normalized spacial score (nSPS) is 4.80. The van der Waals surface area contributed by atoms with Gasteiger partial charge in [-0.3, -0.25) is 5.41 Å². The molecular formula is CH5BN3-. The average molecular weight is 69.9 g/mol. The minimum Gasteiger partial charge on any atom is -1.00 e. The molecular weight excluding hydrogens is 64.8 g/mol. The molecule has 5 heavy (non-hydrogen) atoms. The van der Waals surface area contributed by atoms with Crippen LogP contribution in [-0.2, 0) is 0 Å². The van der Waals surface area contributed by atoms with Crippen molar-refractivity contribution in [2.24, 2.45) is 11.5 Å². The topological polar surface area (TPSA) is 75.9 Å². The minimum atomic E-state index is -0.333. The van der Waals surface area contributed by atoms with Crippen molar-refractivity contribution < 1.29 is 0 Å². The van der Waals surface area contributed by atoms with E-state index in [2.05, 4.69) is 11.5 Å². The lowest BCUT2D eigenvalue weighted by atomic mass is 10.8. The van der Waals surface area contributed by atoms with Crippen LogP contribution in [0.5, 0.6) is 0 Å². The average Bonchev–Trinajstić information content (AvgIpc) is 0.811. The van der Waals surface area contributed by atoms with Gasteiger partial charge in [0.15, 0.2) is 5.96 Å². The van der Waals surface area contributed by atoms with Gasteiger partial charge in [0.1, 0.15) is 0 Å². The molecule has 4 radical (unpaired) electrons. The van der Waals surface area contributed by atoms with Crippen LogP contribution >= 0.6 is 0 Å². The maximum Gasteiger partial charge on any atom is 0.183 e. The first-order valence-electron chi connectivity index (χ1n) is 0.827. The van der Waals surface area contributed by atoms with Gasteiger partial charge in [0.25, 0.3) is 0 Å². The maximum atomic E-state index is 6.06. The van der Waals surface area contributed by atoms with Crippen LogP contribution in [0.1, 0.15) is 0 Å². The highest BCUT2D eigenvalue weighted by Gasteiger charge is 1.52. The Morgan fingerprint density at radius 1 is 1.40 bits per heavy atom. The Hall–Kier alpha value is -0.665. The van der Waals surface area contributed by atoms with E-state index < -0.39 is 0 Å². The van der Waals surface area contributed by atoms with Crippen LogP contribution in [0, 0.1) is 5.41 Å². The second-order valence-electron chi connectivity index (χ2n) is 0.455. The van der Waals surface area contributed by atoms with Crippen LogP contribution < -0.4 is 11.5 Å². The maximum absolute atomic E-state index is 6.06. The van der Waals surface area contributed by atoms with Crippen LogP contribution in [0.3, 0.4) is 0 Å². The van der Waals surface area contributed by atoms with Crippen LogP contribution in [0.4, 0.5) is 0 Å². The van der Waals surface area contributed by atoms with Crippen molar-refractivity contribution in [3.8, 4) is 0 Å². The quantitative estimate of drug-likeness (QED) is 0.183. The number of rotatable bonds is 0. The van der Waals surface area contributed by atoms with E-state index in [0.717, 1.165) is 0 Å². The van der Waals surface area contributed by atoms with Gasteiger partial charge >= 0.3 is 0 Å². The smallest absolute Gasteiger partial charge is 0.183 e. The highest BCUT2D eigenvalue weighted by atomic mass is 14.9. The Kier molecular flexibility index (Phi) is 5.90.